The molecular weight excluding hydrogens is 360 g/mol. The zero-order chi connectivity index (χ0) is 18.4. The fourth-order valence-corrected chi connectivity index (χ4v) is 9.97. The van der Waals surface area contributed by atoms with Crippen molar-refractivity contribution in [3.05, 3.63) is 0 Å². The van der Waals surface area contributed by atoms with Gasteiger partial charge in [0.05, 0.1) is 5.41 Å². The van der Waals surface area contributed by atoms with Crippen LogP contribution in [0.5, 0.6) is 0 Å². The molecule has 2 unspecified atom stereocenters. The second kappa shape index (κ2) is 5.52. The van der Waals surface area contributed by atoms with Crippen LogP contribution in [0.2, 0.25) is 0 Å². The van der Waals surface area contributed by atoms with E-state index in [1.807, 2.05) is 0 Å². The van der Waals surface area contributed by atoms with Gasteiger partial charge in [-0.05, 0) is 107 Å². The van der Waals surface area contributed by atoms with E-state index < -0.39 is 5.41 Å². The van der Waals surface area contributed by atoms with Gasteiger partial charge in [0.15, 0.2) is 12.4 Å². The van der Waals surface area contributed by atoms with Crippen molar-refractivity contribution in [2.75, 3.05) is 6.61 Å². The minimum Gasteiger partial charge on any atom is -0.457 e. The molecule has 8 rings (SSSR count). The molecule has 8 aliphatic carbocycles. The maximum absolute atomic E-state index is 13.2. The number of Topliss-reactive ketones (excluding diaryl/α,β-unsaturated/α-hetero) is 1. The van der Waals surface area contributed by atoms with E-state index in [-0.39, 0.29) is 28.6 Å². The minimum atomic E-state index is -0.395. The molecule has 0 spiro atoms. The number of hydrogen-bond donors (Lipinski definition) is 0. The normalized spacial score (nSPS) is 54.3. The summed E-state index contributed by atoms with van der Waals surface area (Å²) in [5.74, 6) is 3.51. The zero-order valence-corrected chi connectivity index (χ0v) is 16.9. The molecule has 0 saturated heterocycles. The van der Waals surface area contributed by atoms with Crippen LogP contribution in [0.1, 0.15) is 77.0 Å². The molecule has 8 aliphatic rings. The fraction of sp³-hybridized carbons (Fsp3) is 0.913. The van der Waals surface area contributed by atoms with Crippen molar-refractivity contribution in [3.63, 3.8) is 0 Å². The van der Waals surface area contributed by atoms with Crippen LogP contribution >= 0.6 is 11.6 Å². The van der Waals surface area contributed by atoms with E-state index >= 15 is 0 Å². The van der Waals surface area contributed by atoms with Gasteiger partial charge in [0.25, 0.3) is 0 Å². The number of alkyl halides is 1. The van der Waals surface area contributed by atoms with Crippen molar-refractivity contribution >= 4 is 23.4 Å². The topological polar surface area (TPSA) is 43.4 Å². The molecule has 8 bridgehead atoms. The lowest BCUT2D eigenvalue weighted by atomic mass is 9.48. The molecular formula is C23H31ClO3. The molecule has 0 heterocycles. The predicted molar refractivity (Wildman–Crippen MR) is 102 cm³/mol. The lowest BCUT2D eigenvalue weighted by Crippen LogP contribution is -2.57. The molecule has 148 valence electrons. The van der Waals surface area contributed by atoms with Crippen molar-refractivity contribution in [1.29, 1.82) is 0 Å². The third-order valence-electron chi connectivity index (χ3n) is 9.39. The van der Waals surface area contributed by atoms with Crippen LogP contribution in [0, 0.1) is 40.4 Å². The molecule has 0 aliphatic heterocycles. The zero-order valence-electron chi connectivity index (χ0n) is 16.2. The molecule has 4 heteroatoms. The van der Waals surface area contributed by atoms with Gasteiger partial charge in [-0.1, -0.05) is 0 Å². The van der Waals surface area contributed by atoms with Crippen molar-refractivity contribution in [3.8, 4) is 0 Å². The summed E-state index contributed by atoms with van der Waals surface area (Å²) in [7, 11) is 0. The summed E-state index contributed by atoms with van der Waals surface area (Å²) >= 11 is 6.86. The highest BCUT2D eigenvalue weighted by Gasteiger charge is 2.61. The second-order valence-corrected chi connectivity index (χ2v) is 12.4. The molecule has 3 nitrogen and oxygen atoms in total. The highest BCUT2D eigenvalue weighted by molar-refractivity contribution is 6.24. The Morgan fingerprint density at radius 1 is 0.741 bits per heavy atom. The van der Waals surface area contributed by atoms with E-state index in [9.17, 15) is 9.59 Å². The standard InChI is InChI=1S/C23H31ClO3/c24-23-10-17-4-18(11-23)9-22(8-17,13-23)20(26)27-12-19(25)21-5-14-1-15(6-21)3-16(2-14)7-21/h14-18H,1-13H2/t14?,15?,16?,17-,18+,21?,22?,23?. The highest BCUT2D eigenvalue weighted by Crippen LogP contribution is 2.64. The van der Waals surface area contributed by atoms with Crippen LogP contribution in [0.15, 0.2) is 0 Å². The van der Waals surface area contributed by atoms with E-state index in [1.54, 1.807) is 0 Å². The highest BCUT2D eigenvalue weighted by atomic mass is 35.5. The molecule has 0 aromatic heterocycles. The first kappa shape index (κ1) is 17.3. The van der Waals surface area contributed by atoms with E-state index in [2.05, 4.69) is 0 Å². The SMILES string of the molecule is O=C(COC(=O)C12C[C@@H]3C[C@@H](CC(Cl)(C3)C1)C2)C12CC3CC(CC(C3)C1)C2. The van der Waals surface area contributed by atoms with Crippen LogP contribution in [-0.4, -0.2) is 23.2 Å². The summed E-state index contributed by atoms with van der Waals surface area (Å²) < 4.78 is 5.78. The summed E-state index contributed by atoms with van der Waals surface area (Å²) in [4.78, 5) is 26.1. The monoisotopic (exact) mass is 390 g/mol. The first-order valence-corrected chi connectivity index (χ1v) is 11.6. The average molecular weight is 391 g/mol. The molecule has 0 amide bonds. The van der Waals surface area contributed by atoms with E-state index in [4.69, 9.17) is 16.3 Å². The first-order chi connectivity index (χ1) is 12.9. The van der Waals surface area contributed by atoms with Gasteiger partial charge in [0.2, 0.25) is 0 Å². The maximum atomic E-state index is 13.2. The fourth-order valence-electron chi connectivity index (χ4n) is 9.28. The van der Waals surface area contributed by atoms with E-state index in [1.165, 1.54) is 25.7 Å². The van der Waals surface area contributed by atoms with Gasteiger partial charge in [0.1, 0.15) is 0 Å². The average Bonchev–Trinajstić information content (AvgIpc) is 2.56. The van der Waals surface area contributed by atoms with Gasteiger partial charge in [0, 0.05) is 10.3 Å². The molecule has 8 saturated carbocycles. The number of ether oxygens (including phenoxy) is 1. The Kier molecular flexibility index (Phi) is 3.54. The van der Waals surface area contributed by atoms with Gasteiger partial charge in [-0.2, -0.15) is 0 Å². The van der Waals surface area contributed by atoms with E-state index in [0.717, 1.165) is 69.1 Å². The van der Waals surface area contributed by atoms with Crippen molar-refractivity contribution in [2.45, 2.75) is 81.9 Å². The van der Waals surface area contributed by atoms with Gasteiger partial charge in [-0.15, -0.1) is 11.6 Å². The lowest BCUT2D eigenvalue weighted by Gasteiger charge is -2.58. The van der Waals surface area contributed by atoms with Gasteiger partial charge in [-0.25, -0.2) is 0 Å². The summed E-state index contributed by atoms with van der Waals surface area (Å²) in [5, 5.41) is 0. The van der Waals surface area contributed by atoms with E-state index in [0.29, 0.717) is 11.8 Å². The summed E-state index contributed by atoms with van der Waals surface area (Å²) in [6.45, 7) is 0.0113. The Morgan fingerprint density at radius 2 is 1.22 bits per heavy atom. The van der Waals surface area contributed by atoms with Gasteiger partial charge in [-0.3, -0.25) is 9.59 Å². The number of carbonyl (C=O) groups is 2. The molecule has 0 N–H and O–H groups in total. The van der Waals surface area contributed by atoms with Crippen molar-refractivity contribution in [2.24, 2.45) is 40.4 Å². The molecule has 0 aromatic rings. The van der Waals surface area contributed by atoms with Crippen molar-refractivity contribution < 1.29 is 14.3 Å². The van der Waals surface area contributed by atoms with Crippen LogP contribution in [0.4, 0.5) is 0 Å². The quantitative estimate of drug-likeness (QED) is 0.506. The Balaban J connectivity index is 1.15. The summed E-state index contributed by atoms with van der Waals surface area (Å²) in [6, 6.07) is 0. The number of esters is 1. The number of hydrogen-bond acceptors (Lipinski definition) is 3. The van der Waals surface area contributed by atoms with Crippen molar-refractivity contribution in [1.82, 2.24) is 0 Å². The molecule has 8 fully saturated rings. The third-order valence-corrected chi connectivity index (χ3v) is 9.83. The van der Waals surface area contributed by atoms with Crippen LogP contribution in [0.3, 0.4) is 0 Å². The molecule has 4 atom stereocenters. The third kappa shape index (κ3) is 2.59. The largest absolute Gasteiger partial charge is 0.457 e. The number of ketones is 1. The molecule has 27 heavy (non-hydrogen) atoms. The van der Waals surface area contributed by atoms with Crippen LogP contribution in [0.25, 0.3) is 0 Å². The molecule has 0 radical (unpaired) electrons. The first-order valence-electron chi connectivity index (χ1n) is 11.2. The lowest BCUT2D eigenvalue weighted by molar-refractivity contribution is -0.175. The number of halogens is 1. The summed E-state index contributed by atoms with van der Waals surface area (Å²) in [6.07, 6.45) is 13.1. The Morgan fingerprint density at radius 3 is 1.74 bits per heavy atom. The number of rotatable bonds is 4. The smallest absolute Gasteiger partial charge is 0.312 e. The Bertz CT molecular complexity index is 648. The van der Waals surface area contributed by atoms with Crippen LogP contribution in [-0.2, 0) is 14.3 Å². The van der Waals surface area contributed by atoms with Gasteiger partial charge < -0.3 is 4.74 Å². The Labute approximate surface area is 166 Å². The Hall–Kier alpha value is -0.570. The number of carbonyl (C=O) groups excluding carboxylic acids is 2. The van der Waals surface area contributed by atoms with Crippen LogP contribution < -0.4 is 0 Å². The van der Waals surface area contributed by atoms with Gasteiger partial charge >= 0.3 is 5.97 Å². The minimum absolute atomic E-state index is 0.0113. The second-order valence-electron chi connectivity index (χ2n) is 11.6. The predicted octanol–water partition coefficient (Wildman–Crippen LogP) is 4.89. The maximum Gasteiger partial charge on any atom is 0.312 e. The summed E-state index contributed by atoms with van der Waals surface area (Å²) in [5.41, 5.74) is -0.558. The molecule has 0 aromatic carbocycles.